The van der Waals surface area contributed by atoms with E-state index in [0.717, 1.165) is 11.3 Å². The van der Waals surface area contributed by atoms with Gasteiger partial charge in [0.15, 0.2) is 0 Å². The summed E-state index contributed by atoms with van der Waals surface area (Å²) in [5, 5.41) is 0. The molecule has 162 valence electrons. The molecule has 6 nitrogen and oxygen atoms in total. The molecule has 0 aliphatic rings. The van der Waals surface area contributed by atoms with E-state index >= 15 is 0 Å². The molecule has 0 spiro atoms. The Morgan fingerprint density at radius 2 is 1.65 bits per heavy atom. The van der Waals surface area contributed by atoms with Gasteiger partial charge in [0.1, 0.15) is 5.75 Å². The summed E-state index contributed by atoms with van der Waals surface area (Å²) in [7, 11) is 1.17. The van der Waals surface area contributed by atoms with Crippen LogP contribution in [0.1, 0.15) is 21.5 Å². The summed E-state index contributed by atoms with van der Waals surface area (Å²) in [4.78, 5) is 14.8. The second-order valence-corrected chi connectivity index (χ2v) is 9.27. The van der Waals surface area contributed by atoms with Crippen LogP contribution in [-0.2, 0) is 16.6 Å². The molecule has 3 aromatic rings. The molecule has 1 amide bonds. The van der Waals surface area contributed by atoms with E-state index in [0.29, 0.717) is 23.4 Å². The number of rotatable bonds is 7. The lowest BCUT2D eigenvalue weighted by molar-refractivity contribution is 0.0785. The van der Waals surface area contributed by atoms with Gasteiger partial charge in [0.2, 0.25) is 0 Å². The third-order valence-electron chi connectivity index (χ3n) is 5.09. The number of ether oxygens (including phenoxy) is 1. The summed E-state index contributed by atoms with van der Waals surface area (Å²) in [6.07, 6.45) is 0. The molecule has 3 rings (SSSR count). The number of carbonyl (C=O) groups is 1. The first-order valence-corrected chi connectivity index (χ1v) is 11.2. The predicted molar refractivity (Wildman–Crippen MR) is 122 cm³/mol. The quantitative estimate of drug-likeness (QED) is 0.557. The molecule has 0 saturated carbocycles. The van der Waals surface area contributed by atoms with Gasteiger partial charge in [-0.3, -0.25) is 9.10 Å². The van der Waals surface area contributed by atoms with Crippen molar-refractivity contribution in [3.05, 3.63) is 89.5 Å². The summed E-state index contributed by atoms with van der Waals surface area (Å²) < 4.78 is 32.3. The van der Waals surface area contributed by atoms with E-state index in [1.54, 1.807) is 74.5 Å². The monoisotopic (exact) mass is 438 g/mol. The molecule has 0 aliphatic heterocycles. The second kappa shape index (κ2) is 9.22. The third kappa shape index (κ3) is 4.88. The number of hydrogen-bond acceptors (Lipinski definition) is 4. The lowest BCUT2D eigenvalue weighted by atomic mass is 10.1. The molecule has 7 heteroatoms. The van der Waals surface area contributed by atoms with Gasteiger partial charge in [-0.05, 0) is 60.5 Å². The van der Waals surface area contributed by atoms with Crippen LogP contribution in [0.5, 0.6) is 5.75 Å². The summed E-state index contributed by atoms with van der Waals surface area (Å²) in [6.45, 7) is 2.23. The van der Waals surface area contributed by atoms with E-state index in [9.17, 15) is 13.2 Å². The van der Waals surface area contributed by atoms with Gasteiger partial charge in [-0.25, -0.2) is 8.42 Å². The van der Waals surface area contributed by atoms with Crippen molar-refractivity contribution in [2.75, 3.05) is 25.5 Å². The minimum atomic E-state index is -3.69. The molecule has 3 aromatic carbocycles. The Balaban J connectivity index is 1.80. The number of aryl methyl sites for hydroxylation is 1. The minimum absolute atomic E-state index is 0.147. The number of carbonyl (C=O) groups excluding carboxylic acids is 1. The molecule has 0 fully saturated rings. The average Bonchev–Trinajstić information content (AvgIpc) is 2.78. The maximum Gasteiger partial charge on any atom is 0.264 e. The van der Waals surface area contributed by atoms with Crippen molar-refractivity contribution in [2.24, 2.45) is 0 Å². The highest BCUT2D eigenvalue weighted by Crippen LogP contribution is 2.26. The molecule has 0 radical (unpaired) electrons. The van der Waals surface area contributed by atoms with Crippen LogP contribution in [0.25, 0.3) is 0 Å². The normalized spacial score (nSPS) is 11.1. The number of amides is 1. The van der Waals surface area contributed by atoms with Crippen molar-refractivity contribution in [1.82, 2.24) is 4.90 Å². The molecule has 0 saturated heterocycles. The van der Waals surface area contributed by atoms with Gasteiger partial charge < -0.3 is 9.64 Å². The highest BCUT2D eigenvalue weighted by atomic mass is 32.2. The number of nitrogens with zero attached hydrogens (tertiary/aromatic N) is 2. The van der Waals surface area contributed by atoms with E-state index < -0.39 is 10.0 Å². The van der Waals surface area contributed by atoms with Gasteiger partial charge in [-0.1, -0.05) is 30.3 Å². The maximum atomic E-state index is 12.9. The molecule has 0 heterocycles. The highest BCUT2D eigenvalue weighted by Gasteiger charge is 2.23. The lowest BCUT2D eigenvalue weighted by Gasteiger charge is -2.23. The average molecular weight is 439 g/mol. The van der Waals surface area contributed by atoms with Crippen molar-refractivity contribution in [2.45, 2.75) is 18.4 Å². The Labute approximate surface area is 183 Å². The van der Waals surface area contributed by atoms with E-state index in [4.69, 9.17) is 4.74 Å². The van der Waals surface area contributed by atoms with Gasteiger partial charge >= 0.3 is 0 Å². The lowest BCUT2D eigenvalue weighted by Crippen LogP contribution is -2.28. The van der Waals surface area contributed by atoms with Crippen molar-refractivity contribution in [3.8, 4) is 5.75 Å². The standard InChI is InChI=1S/C24H26N2O4S/c1-18-15-20(24(27)25(2)17-19-9-8-10-21(16-19)30-4)13-14-23(18)26(3)31(28,29)22-11-6-5-7-12-22/h5-16H,17H2,1-4H3. The Kier molecular flexibility index (Phi) is 6.65. The minimum Gasteiger partial charge on any atom is -0.497 e. The molecule has 31 heavy (non-hydrogen) atoms. The van der Waals surface area contributed by atoms with Gasteiger partial charge in [0, 0.05) is 26.2 Å². The molecular formula is C24H26N2O4S. The summed E-state index contributed by atoms with van der Waals surface area (Å²) in [5.41, 5.74) is 2.67. The number of anilines is 1. The first-order valence-electron chi connectivity index (χ1n) is 9.77. The first-order chi connectivity index (χ1) is 14.7. The van der Waals surface area contributed by atoms with E-state index in [-0.39, 0.29) is 10.8 Å². The molecule has 0 aliphatic carbocycles. The number of benzene rings is 3. The fourth-order valence-corrected chi connectivity index (χ4v) is 4.64. The zero-order chi connectivity index (χ0) is 22.6. The van der Waals surface area contributed by atoms with Crippen molar-refractivity contribution >= 4 is 21.6 Å². The van der Waals surface area contributed by atoms with Gasteiger partial charge in [0.25, 0.3) is 15.9 Å². The smallest absolute Gasteiger partial charge is 0.264 e. The topological polar surface area (TPSA) is 66.9 Å². The van der Waals surface area contributed by atoms with Crippen molar-refractivity contribution < 1.29 is 17.9 Å². The van der Waals surface area contributed by atoms with Crippen molar-refractivity contribution in [1.29, 1.82) is 0 Å². The maximum absolute atomic E-state index is 12.9. The molecule has 0 N–H and O–H groups in total. The SMILES string of the molecule is COc1cccc(CN(C)C(=O)c2ccc(N(C)S(=O)(=O)c3ccccc3)c(C)c2)c1. The van der Waals surface area contributed by atoms with Crippen molar-refractivity contribution in [3.63, 3.8) is 0 Å². The van der Waals surface area contributed by atoms with E-state index in [1.165, 1.54) is 11.4 Å². The highest BCUT2D eigenvalue weighted by molar-refractivity contribution is 7.92. The second-order valence-electron chi connectivity index (χ2n) is 7.30. The summed E-state index contributed by atoms with van der Waals surface area (Å²) in [6, 6.07) is 20.9. The van der Waals surface area contributed by atoms with Crippen LogP contribution in [0.4, 0.5) is 5.69 Å². The Morgan fingerprint density at radius 3 is 2.29 bits per heavy atom. The summed E-state index contributed by atoms with van der Waals surface area (Å²) in [5.74, 6) is 0.590. The summed E-state index contributed by atoms with van der Waals surface area (Å²) >= 11 is 0. The van der Waals surface area contributed by atoms with E-state index in [1.807, 2.05) is 24.3 Å². The zero-order valence-electron chi connectivity index (χ0n) is 18.1. The largest absolute Gasteiger partial charge is 0.497 e. The fourth-order valence-electron chi connectivity index (χ4n) is 3.36. The van der Waals surface area contributed by atoms with Gasteiger partial charge in [-0.2, -0.15) is 0 Å². The molecular weight excluding hydrogens is 412 g/mol. The number of hydrogen-bond donors (Lipinski definition) is 0. The van der Waals surface area contributed by atoms with Crippen LogP contribution in [0.3, 0.4) is 0 Å². The van der Waals surface area contributed by atoms with Crippen LogP contribution >= 0.6 is 0 Å². The number of methoxy groups -OCH3 is 1. The Hall–Kier alpha value is -3.32. The molecule has 0 atom stereocenters. The fraction of sp³-hybridized carbons (Fsp3) is 0.208. The number of sulfonamides is 1. The van der Waals surface area contributed by atoms with Gasteiger partial charge in [-0.15, -0.1) is 0 Å². The predicted octanol–water partition coefficient (Wildman–Crippen LogP) is 4.10. The zero-order valence-corrected chi connectivity index (χ0v) is 18.9. The first kappa shape index (κ1) is 22.4. The van der Waals surface area contributed by atoms with Crippen LogP contribution in [0.2, 0.25) is 0 Å². The Bertz CT molecular complexity index is 1180. The van der Waals surface area contributed by atoms with Crippen LogP contribution in [0, 0.1) is 6.92 Å². The molecule has 0 unspecified atom stereocenters. The Morgan fingerprint density at radius 1 is 0.935 bits per heavy atom. The van der Waals surface area contributed by atoms with Crippen LogP contribution < -0.4 is 9.04 Å². The molecule has 0 bridgehead atoms. The van der Waals surface area contributed by atoms with Crippen LogP contribution in [0.15, 0.2) is 77.7 Å². The van der Waals surface area contributed by atoms with Crippen LogP contribution in [-0.4, -0.2) is 40.4 Å². The molecule has 0 aromatic heterocycles. The van der Waals surface area contributed by atoms with E-state index in [2.05, 4.69) is 0 Å². The van der Waals surface area contributed by atoms with Gasteiger partial charge in [0.05, 0.1) is 17.7 Å². The third-order valence-corrected chi connectivity index (χ3v) is 6.87.